The molecule has 1 unspecified atom stereocenters. The molecule has 0 aliphatic carbocycles. The van der Waals surface area contributed by atoms with Crippen molar-refractivity contribution in [2.45, 2.75) is 39.2 Å². The summed E-state index contributed by atoms with van der Waals surface area (Å²) in [6.07, 6.45) is 0. The van der Waals surface area contributed by atoms with Crippen molar-refractivity contribution in [3.63, 3.8) is 0 Å². The average Bonchev–Trinajstić information content (AvgIpc) is 3.05. The number of thiophene rings is 1. The van der Waals surface area contributed by atoms with Crippen LogP contribution in [0.25, 0.3) is 0 Å². The Kier molecular flexibility index (Phi) is 4.39. The number of aromatic carboxylic acids is 1. The highest BCUT2D eigenvalue weighted by Crippen LogP contribution is 2.36. The number of nitrogens with zero attached hydrogens (tertiary/aromatic N) is 2. The van der Waals surface area contributed by atoms with Gasteiger partial charge in [0.2, 0.25) is 0 Å². The van der Waals surface area contributed by atoms with Crippen molar-refractivity contribution in [3.8, 4) is 0 Å². The third kappa shape index (κ3) is 3.27. The van der Waals surface area contributed by atoms with E-state index in [0.717, 1.165) is 5.13 Å². The first-order valence-electron chi connectivity index (χ1n) is 6.72. The Morgan fingerprint density at radius 3 is 2.52 bits per heavy atom. The molecular formula is C15H20N2O2S2. The second-order valence-electron chi connectivity index (χ2n) is 6.03. The Balaban J connectivity index is 2.38. The smallest absolute Gasteiger partial charge is 0.347 e. The van der Waals surface area contributed by atoms with Crippen LogP contribution in [0.3, 0.4) is 0 Å². The summed E-state index contributed by atoms with van der Waals surface area (Å²) in [5.41, 5.74) is 0.371. The van der Waals surface area contributed by atoms with Crippen molar-refractivity contribution >= 4 is 33.8 Å². The Labute approximate surface area is 133 Å². The van der Waals surface area contributed by atoms with Gasteiger partial charge in [-0.05, 0) is 18.4 Å². The van der Waals surface area contributed by atoms with E-state index >= 15 is 0 Å². The molecule has 114 valence electrons. The molecule has 2 rings (SSSR count). The Morgan fingerprint density at radius 1 is 1.43 bits per heavy atom. The molecule has 2 heterocycles. The van der Waals surface area contributed by atoms with Crippen molar-refractivity contribution in [1.82, 2.24) is 4.98 Å². The van der Waals surface area contributed by atoms with Crippen molar-refractivity contribution in [2.24, 2.45) is 0 Å². The minimum absolute atomic E-state index is 0.172. The lowest BCUT2D eigenvalue weighted by atomic mass is 9.91. The van der Waals surface area contributed by atoms with E-state index in [9.17, 15) is 9.90 Å². The van der Waals surface area contributed by atoms with Crippen LogP contribution in [0, 0.1) is 0 Å². The summed E-state index contributed by atoms with van der Waals surface area (Å²) in [6, 6.07) is 4.28. The highest BCUT2D eigenvalue weighted by atomic mass is 32.1. The number of thiazole rings is 1. The molecule has 0 aliphatic rings. The quantitative estimate of drug-likeness (QED) is 0.906. The molecule has 0 aromatic carbocycles. The lowest BCUT2D eigenvalue weighted by molar-refractivity contribution is 0.0699. The van der Waals surface area contributed by atoms with Crippen LogP contribution in [0.5, 0.6) is 0 Å². The van der Waals surface area contributed by atoms with Gasteiger partial charge in [0.25, 0.3) is 0 Å². The lowest BCUT2D eigenvalue weighted by Gasteiger charge is -2.23. The molecule has 21 heavy (non-hydrogen) atoms. The van der Waals surface area contributed by atoms with Gasteiger partial charge in [-0.15, -0.1) is 11.3 Å². The van der Waals surface area contributed by atoms with Crippen molar-refractivity contribution in [3.05, 3.63) is 33.0 Å². The molecule has 0 saturated carbocycles. The molecule has 0 radical (unpaired) electrons. The Hall–Kier alpha value is -1.40. The van der Waals surface area contributed by atoms with E-state index in [1.807, 2.05) is 44.2 Å². The standard InChI is InChI=1S/C15H20N2O2S2/c1-9(10-7-6-8-20-10)17(5)14-16-12(15(2,3)4)11(21-14)13(18)19/h6-9H,1-5H3,(H,18,19). The highest BCUT2D eigenvalue weighted by Gasteiger charge is 2.29. The van der Waals surface area contributed by atoms with Crippen LogP contribution in [0.2, 0.25) is 0 Å². The first kappa shape index (κ1) is 16.0. The SMILES string of the molecule is CC(c1cccs1)N(C)c1nc(C(C)(C)C)c(C(=O)O)s1. The van der Waals surface area contributed by atoms with Gasteiger partial charge < -0.3 is 10.0 Å². The van der Waals surface area contributed by atoms with Gasteiger partial charge in [-0.25, -0.2) is 9.78 Å². The minimum atomic E-state index is -0.902. The van der Waals surface area contributed by atoms with Gasteiger partial charge in [0, 0.05) is 17.3 Å². The molecule has 0 amide bonds. The third-order valence-corrected chi connectivity index (χ3v) is 5.53. The number of hydrogen-bond donors (Lipinski definition) is 1. The predicted octanol–water partition coefficient (Wildman–Crippen LogP) is 4.40. The third-order valence-electron chi connectivity index (χ3n) is 3.36. The van der Waals surface area contributed by atoms with E-state index in [4.69, 9.17) is 0 Å². The van der Waals surface area contributed by atoms with Crippen LogP contribution in [-0.4, -0.2) is 23.1 Å². The molecule has 2 aromatic rings. The summed E-state index contributed by atoms with van der Waals surface area (Å²) in [4.78, 5) is 19.7. The van der Waals surface area contributed by atoms with E-state index in [0.29, 0.717) is 10.6 Å². The molecular weight excluding hydrogens is 304 g/mol. The molecule has 0 bridgehead atoms. The molecule has 1 atom stereocenters. The summed E-state index contributed by atoms with van der Waals surface area (Å²) < 4.78 is 0. The second-order valence-corrected chi connectivity index (χ2v) is 7.99. The van der Waals surface area contributed by atoms with Gasteiger partial charge in [0.05, 0.1) is 11.7 Å². The normalized spacial score (nSPS) is 13.2. The maximum Gasteiger partial charge on any atom is 0.347 e. The van der Waals surface area contributed by atoms with Crippen LogP contribution in [0.15, 0.2) is 17.5 Å². The second kappa shape index (κ2) is 5.77. The molecule has 1 N–H and O–H groups in total. The fourth-order valence-electron chi connectivity index (χ4n) is 2.00. The molecule has 6 heteroatoms. The van der Waals surface area contributed by atoms with Gasteiger partial charge in [-0.3, -0.25) is 0 Å². The lowest BCUT2D eigenvalue weighted by Crippen LogP contribution is -2.21. The zero-order valence-corrected chi connectivity index (χ0v) is 14.5. The zero-order chi connectivity index (χ0) is 15.8. The molecule has 0 saturated heterocycles. The predicted molar refractivity (Wildman–Crippen MR) is 88.9 cm³/mol. The first-order valence-corrected chi connectivity index (χ1v) is 8.42. The number of aromatic nitrogens is 1. The van der Waals surface area contributed by atoms with Crippen LogP contribution in [0.4, 0.5) is 5.13 Å². The van der Waals surface area contributed by atoms with Gasteiger partial charge in [-0.2, -0.15) is 0 Å². The number of hydrogen-bond acceptors (Lipinski definition) is 5. The number of rotatable bonds is 4. The summed E-state index contributed by atoms with van der Waals surface area (Å²) in [5.74, 6) is -0.902. The number of carboxylic acids is 1. The van der Waals surface area contributed by atoms with Crippen molar-refractivity contribution < 1.29 is 9.90 Å². The van der Waals surface area contributed by atoms with Crippen LogP contribution in [-0.2, 0) is 5.41 Å². The Morgan fingerprint density at radius 2 is 2.10 bits per heavy atom. The van der Waals surface area contributed by atoms with E-state index in [2.05, 4.69) is 18.0 Å². The van der Waals surface area contributed by atoms with Crippen LogP contribution >= 0.6 is 22.7 Å². The van der Waals surface area contributed by atoms with Crippen molar-refractivity contribution in [2.75, 3.05) is 11.9 Å². The maximum atomic E-state index is 11.5. The van der Waals surface area contributed by atoms with Crippen LogP contribution < -0.4 is 4.90 Å². The summed E-state index contributed by atoms with van der Waals surface area (Å²) in [5, 5.41) is 12.2. The molecule has 0 fully saturated rings. The number of carboxylic acid groups (broad SMARTS) is 1. The summed E-state index contributed by atoms with van der Waals surface area (Å²) in [7, 11) is 1.96. The van der Waals surface area contributed by atoms with E-state index in [1.54, 1.807) is 11.3 Å². The molecule has 4 nitrogen and oxygen atoms in total. The summed E-state index contributed by atoms with van der Waals surface area (Å²) >= 11 is 2.94. The van der Waals surface area contributed by atoms with Crippen LogP contribution in [0.1, 0.15) is 54.0 Å². The topological polar surface area (TPSA) is 53.4 Å². The largest absolute Gasteiger partial charge is 0.477 e. The fraction of sp³-hybridized carbons (Fsp3) is 0.467. The van der Waals surface area contributed by atoms with Crippen molar-refractivity contribution in [1.29, 1.82) is 0 Å². The average molecular weight is 324 g/mol. The van der Waals surface area contributed by atoms with Gasteiger partial charge in [0.15, 0.2) is 5.13 Å². The highest BCUT2D eigenvalue weighted by molar-refractivity contribution is 7.17. The zero-order valence-electron chi connectivity index (χ0n) is 12.9. The summed E-state index contributed by atoms with van der Waals surface area (Å²) in [6.45, 7) is 8.06. The molecule has 0 spiro atoms. The van der Waals surface area contributed by atoms with E-state index in [1.165, 1.54) is 16.2 Å². The number of anilines is 1. The van der Waals surface area contributed by atoms with E-state index in [-0.39, 0.29) is 11.5 Å². The number of carbonyl (C=O) groups is 1. The molecule has 0 aliphatic heterocycles. The monoisotopic (exact) mass is 324 g/mol. The van der Waals surface area contributed by atoms with Gasteiger partial charge in [-0.1, -0.05) is 38.2 Å². The van der Waals surface area contributed by atoms with Gasteiger partial charge >= 0.3 is 5.97 Å². The minimum Gasteiger partial charge on any atom is -0.477 e. The van der Waals surface area contributed by atoms with Gasteiger partial charge in [0.1, 0.15) is 4.88 Å². The fourth-order valence-corrected chi connectivity index (χ4v) is 3.98. The van der Waals surface area contributed by atoms with E-state index < -0.39 is 5.97 Å². The first-order chi connectivity index (χ1) is 9.71. The maximum absolute atomic E-state index is 11.5. The Bertz CT molecular complexity index is 627. The molecule has 2 aromatic heterocycles.